The molecule has 2 rings (SSSR count). The van der Waals surface area contributed by atoms with Crippen molar-refractivity contribution in [2.75, 3.05) is 31.6 Å². The number of nitrogens with zero attached hydrogens (tertiary/aromatic N) is 1. The van der Waals surface area contributed by atoms with Crippen LogP contribution < -0.4 is 5.32 Å². The van der Waals surface area contributed by atoms with Crippen LogP contribution in [0.25, 0.3) is 0 Å². The summed E-state index contributed by atoms with van der Waals surface area (Å²) >= 11 is 0. The molecule has 4 heteroatoms. The first-order valence-electron chi connectivity index (χ1n) is 6.92. The van der Waals surface area contributed by atoms with Crippen molar-refractivity contribution < 1.29 is 9.13 Å². The summed E-state index contributed by atoms with van der Waals surface area (Å²) in [6.45, 7) is 9.57. The van der Waals surface area contributed by atoms with Gasteiger partial charge in [0.1, 0.15) is 5.82 Å². The van der Waals surface area contributed by atoms with Crippen molar-refractivity contribution >= 4 is 5.69 Å². The summed E-state index contributed by atoms with van der Waals surface area (Å²) in [4.78, 5) is 2.41. The van der Waals surface area contributed by atoms with Crippen LogP contribution in [-0.2, 0) is 4.74 Å². The van der Waals surface area contributed by atoms with Crippen LogP contribution in [0.2, 0.25) is 0 Å². The van der Waals surface area contributed by atoms with Crippen LogP contribution in [0.3, 0.4) is 0 Å². The lowest BCUT2D eigenvalue weighted by Gasteiger charge is -2.35. The molecule has 0 aromatic heterocycles. The molecule has 3 nitrogen and oxygen atoms in total. The summed E-state index contributed by atoms with van der Waals surface area (Å²) in [6.07, 6.45) is 0.167. The van der Waals surface area contributed by atoms with Gasteiger partial charge in [-0.1, -0.05) is 6.07 Å². The predicted octanol–water partition coefficient (Wildman–Crippen LogP) is 2.66. The number of benzene rings is 1. The topological polar surface area (TPSA) is 24.5 Å². The maximum absolute atomic E-state index is 13.4. The number of morpholine rings is 1. The Morgan fingerprint density at radius 3 is 2.95 bits per heavy atom. The molecule has 1 saturated heterocycles. The maximum atomic E-state index is 13.4. The number of anilines is 1. The quantitative estimate of drug-likeness (QED) is 0.906. The van der Waals surface area contributed by atoms with Crippen LogP contribution in [0.5, 0.6) is 0 Å². The molecule has 19 heavy (non-hydrogen) atoms. The third kappa shape index (κ3) is 3.91. The molecule has 0 amide bonds. The number of nitrogens with one attached hydrogen (secondary N) is 1. The number of ether oxygens (including phenoxy) is 1. The fraction of sp³-hybridized carbons (Fsp3) is 0.600. The molecule has 106 valence electrons. The minimum atomic E-state index is -0.168. The zero-order chi connectivity index (χ0) is 13.8. The Morgan fingerprint density at radius 2 is 2.26 bits per heavy atom. The van der Waals surface area contributed by atoms with E-state index in [1.54, 1.807) is 19.1 Å². The van der Waals surface area contributed by atoms with Gasteiger partial charge >= 0.3 is 0 Å². The van der Waals surface area contributed by atoms with Gasteiger partial charge in [0, 0.05) is 31.4 Å². The molecule has 0 bridgehead atoms. The van der Waals surface area contributed by atoms with Crippen LogP contribution >= 0.6 is 0 Å². The van der Waals surface area contributed by atoms with Gasteiger partial charge in [0.15, 0.2) is 0 Å². The highest BCUT2D eigenvalue weighted by atomic mass is 19.1. The molecule has 1 aliphatic rings. The Balaban J connectivity index is 1.86. The first kappa shape index (κ1) is 14.3. The van der Waals surface area contributed by atoms with E-state index in [1.165, 1.54) is 0 Å². The second kappa shape index (κ2) is 6.35. The molecule has 0 aliphatic carbocycles. The normalized spacial score (nSPS) is 20.8. The van der Waals surface area contributed by atoms with E-state index < -0.39 is 0 Å². The SMILES string of the molecule is Cc1ccc(NCC2CN(C(C)C)CCO2)cc1F. The van der Waals surface area contributed by atoms with Gasteiger partial charge in [0.25, 0.3) is 0 Å². The first-order chi connectivity index (χ1) is 9.06. The summed E-state index contributed by atoms with van der Waals surface area (Å²) in [5, 5.41) is 3.25. The Hall–Kier alpha value is -1.13. The van der Waals surface area contributed by atoms with E-state index >= 15 is 0 Å². The van der Waals surface area contributed by atoms with Crippen molar-refractivity contribution in [3.8, 4) is 0 Å². The molecule has 0 spiro atoms. The van der Waals surface area contributed by atoms with Gasteiger partial charge in [-0.3, -0.25) is 4.90 Å². The molecule has 1 fully saturated rings. The van der Waals surface area contributed by atoms with E-state index in [4.69, 9.17) is 4.74 Å². The molecular weight excluding hydrogens is 243 g/mol. The number of hydrogen-bond donors (Lipinski definition) is 1. The maximum Gasteiger partial charge on any atom is 0.128 e. The molecule has 1 N–H and O–H groups in total. The number of hydrogen-bond acceptors (Lipinski definition) is 3. The number of halogens is 1. The highest BCUT2D eigenvalue weighted by Crippen LogP contribution is 2.15. The van der Waals surface area contributed by atoms with E-state index in [9.17, 15) is 4.39 Å². The molecule has 1 aromatic rings. The molecule has 1 aromatic carbocycles. The Bertz CT molecular complexity index is 423. The van der Waals surface area contributed by atoms with Crippen molar-refractivity contribution in [3.63, 3.8) is 0 Å². The molecule has 1 unspecified atom stereocenters. The Morgan fingerprint density at radius 1 is 1.47 bits per heavy atom. The third-order valence-electron chi connectivity index (χ3n) is 3.61. The van der Waals surface area contributed by atoms with Crippen molar-refractivity contribution in [2.45, 2.75) is 32.9 Å². The summed E-state index contributed by atoms with van der Waals surface area (Å²) in [6, 6.07) is 5.78. The summed E-state index contributed by atoms with van der Waals surface area (Å²) in [5.74, 6) is -0.168. The monoisotopic (exact) mass is 266 g/mol. The molecular formula is C15H23FN2O. The molecule has 1 aliphatic heterocycles. The van der Waals surface area contributed by atoms with E-state index in [-0.39, 0.29) is 11.9 Å². The fourth-order valence-electron chi connectivity index (χ4n) is 2.27. The smallest absolute Gasteiger partial charge is 0.128 e. The zero-order valence-electron chi connectivity index (χ0n) is 11.9. The van der Waals surface area contributed by atoms with Gasteiger partial charge in [-0.25, -0.2) is 4.39 Å². The van der Waals surface area contributed by atoms with Crippen molar-refractivity contribution in [2.24, 2.45) is 0 Å². The number of rotatable bonds is 4. The average molecular weight is 266 g/mol. The average Bonchev–Trinajstić information content (AvgIpc) is 2.40. The second-order valence-electron chi connectivity index (χ2n) is 5.43. The van der Waals surface area contributed by atoms with Crippen LogP contribution in [-0.4, -0.2) is 43.3 Å². The van der Waals surface area contributed by atoms with E-state index in [0.717, 1.165) is 25.4 Å². The van der Waals surface area contributed by atoms with Crippen LogP contribution in [0, 0.1) is 12.7 Å². The first-order valence-corrected chi connectivity index (χ1v) is 6.92. The minimum absolute atomic E-state index is 0.167. The number of aryl methyl sites for hydroxylation is 1. The van der Waals surface area contributed by atoms with Crippen molar-refractivity contribution in [3.05, 3.63) is 29.6 Å². The fourth-order valence-corrected chi connectivity index (χ4v) is 2.27. The summed E-state index contributed by atoms with van der Waals surface area (Å²) < 4.78 is 19.2. The van der Waals surface area contributed by atoms with E-state index in [0.29, 0.717) is 18.2 Å². The predicted molar refractivity (Wildman–Crippen MR) is 76.1 cm³/mol. The van der Waals surface area contributed by atoms with E-state index in [1.807, 2.05) is 6.07 Å². The van der Waals surface area contributed by atoms with Gasteiger partial charge in [-0.2, -0.15) is 0 Å². The zero-order valence-corrected chi connectivity index (χ0v) is 11.9. The minimum Gasteiger partial charge on any atom is -0.382 e. The Labute approximate surface area is 114 Å². The van der Waals surface area contributed by atoms with Gasteiger partial charge < -0.3 is 10.1 Å². The summed E-state index contributed by atoms with van der Waals surface area (Å²) in [5.41, 5.74) is 1.49. The summed E-state index contributed by atoms with van der Waals surface area (Å²) in [7, 11) is 0. The molecule has 1 heterocycles. The standard InChI is InChI=1S/C15H23FN2O/c1-11(2)18-6-7-19-14(10-18)9-17-13-5-4-12(3)15(16)8-13/h4-5,8,11,14,17H,6-7,9-10H2,1-3H3. The van der Waals surface area contributed by atoms with Gasteiger partial charge in [0.2, 0.25) is 0 Å². The molecule has 0 radical (unpaired) electrons. The largest absolute Gasteiger partial charge is 0.382 e. The lowest BCUT2D eigenvalue weighted by Crippen LogP contribution is -2.48. The van der Waals surface area contributed by atoms with Crippen molar-refractivity contribution in [1.29, 1.82) is 0 Å². The molecule has 1 atom stereocenters. The highest BCUT2D eigenvalue weighted by Gasteiger charge is 2.21. The molecule has 0 saturated carbocycles. The van der Waals surface area contributed by atoms with Gasteiger partial charge in [-0.15, -0.1) is 0 Å². The van der Waals surface area contributed by atoms with Gasteiger partial charge in [-0.05, 0) is 38.5 Å². The van der Waals surface area contributed by atoms with Crippen molar-refractivity contribution in [1.82, 2.24) is 4.90 Å². The Kier molecular flexibility index (Phi) is 4.77. The van der Waals surface area contributed by atoms with Gasteiger partial charge in [0.05, 0.1) is 12.7 Å². The lowest BCUT2D eigenvalue weighted by molar-refractivity contribution is -0.0315. The third-order valence-corrected chi connectivity index (χ3v) is 3.61. The lowest BCUT2D eigenvalue weighted by atomic mass is 10.2. The second-order valence-corrected chi connectivity index (χ2v) is 5.43. The van der Waals surface area contributed by atoms with Crippen LogP contribution in [0.4, 0.5) is 10.1 Å². The highest BCUT2D eigenvalue weighted by molar-refractivity contribution is 5.45. The van der Waals surface area contributed by atoms with Crippen LogP contribution in [0.15, 0.2) is 18.2 Å². The van der Waals surface area contributed by atoms with E-state index in [2.05, 4.69) is 24.1 Å². The van der Waals surface area contributed by atoms with Crippen LogP contribution in [0.1, 0.15) is 19.4 Å².